The van der Waals surface area contributed by atoms with Gasteiger partial charge in [0, 0.05) is 23.1 Å². The second kappa shape index (κ2) is 8.13. The highest BCUT2D eigenvalue weighted by Crippen LogP contribution is 2.30. The van der Waals surface area contributed by atoms with Gasteiger partial charge in [-0.25, -0.2) is 9.78 Å². The van der Waals surface area contributed by atoms with Gasteiger partial charge >= 0.3 is 5.97 Å². The third-order valence-electron chi connectivity index (χ3n) is 4.90. The summed E-state index contributed by atoms with van der Waals surface area (Å²) in [6.07, 6.45) is 0. The van der Waals surface area contributed by atoms with Crippen molar-refractivity contribution in [3.63, 3.8) is 0 Å². The van der Waals surface area contributed by atoms with Crippen molar-refractivity contribution in [1.29, 1.82) is 0 Å². The SMILES string of the molecule is Cc1c(-c2ccccc2)nc2ccccc2c1C(=O)OCc1ccc([N+](=O)[O-])cc1. The fourth-order valence-corrected chi connectivity index (χ4v) is 3.38. The van der Waals surface area contributed by atoms with Gasteiger partial charge in [-0.1, -0.05) is 48.5 Å². The van der Waals surface area contributed by atoms with Crippen LogP contribution in [-0.4, -0.2) is 15.9 Å². The number of nitro benzene ring substituents is 1. The number of rotatable bonds is 5. The van der Waals surface area contributed by atoms with Crippen molar-refractivity contribution in [3.8, 4) is 11.3 Å². The normalized spacial score (nSPS) is 10.7. The molecule has 0 saturated carbocycles. The van der Waals surface area contributed by atoms with E-state index in [9.17, 15) is 14.9 Å². The molecule has 0 atom stereocenters. The second-order valence-corrected chi connectivity index (χ2v) is 6.84. The molecule has 0 aliphatic carbocycles. The fraction of sp³-hybridized carbons (Fsp3) is 0.0833. The van der Waals surface area contributed by atoms with E-state index in [2.05, 4.69) is 0 Å². The zero-order valence-corrected chi connectivity index (χ0v) is 16.2. The van der Waals surface area contributed by atoms with Crippen LogP contribution in [0.25, 0.3) is 22.2 Å². The summed E-state index contributed by atoms with van der Waals surface area (Å²) in [7, 11) is 0. The summed E-state index contributed by atoms with van der Waals surface area (Å²) in [6.45, 7) is 1.89. The van der Waals surface area contributed by atoms with Gasteiger partial charge in [-0.05, 0) is 36.2 Å². The first-order valence-corrected chi connectivity index (χ1v) is 9.40. The van der Waals surface area contributed by atoms with Crippen LogP contribution in [0.4, 0.5) is 5.69 Å². The smallest absolute Gasteiger partial charge is 0.339 e. The van der Waals surface area contributed by atoms with Crippen LogP contribution in [0.1, 0.15) is 21.5 Å². The molecule has 0 saturated heterocycles. The van der Waals surface area contributed by atoms with Gasteiger partial charge in [0.05, 0.1) is 21.7 Å². The molecule has 0 spiro atoms. The van der Waals surface area contributed by atoms with Crippen LogP contribution in [0.5, 0.6) is 0 Å². The van der Waals surface area contributed by atoms with Crippen LogP contribution in [-0.2, 0) is 11.3 Å². The van der Waals surface area contributed by atoms with E-state index in [4.69, 9.17) is 9.72 Å². The fourth-order valence-electron chi connectivity index (χ4n) is 3.38. The number of nitrogens with zero attached hydrogens (tertiary/aromatic N) is 2. The third kappa shape index (κ3) is 3.75. The van der Waals surface area contributed by atoms with Crippen molar-refractivity contribution in [2.75, 3.05) is 0 Å². The number of carbonyl (C=O) groups is 1. The van der Waals surface area contributed by atoms with E-state index in [-0.39, 0.29) is 12.3 Å². The molecule has 6 nitrogen and oxygen atoms in total. The lowest BCUT2D eigenvalue weighted by Gasteiger charge is -2.14. The first-order chi connectivity index (χ1) is 14.5. The number of carbonyl (C=O) groups excluding carboxylic acids is 1. The predicted molar refractivity (Wildman–Crippen MR) is 114 cm³/mol. The number of aromatic nitrogens is 1. The van der Waals surface area contributed by atoms with Crippen LogP contribution >= 0.6 is 0 Å². The van der Waals surface area contributed by atoms with E-state index in [1.54, 1.807) is 12.1 Å². The van der Waals surface area contributed by atoms with Gasteiger partial charge in [-0.15, -0.1) is 0 Å². The molecule has 0 radical (unpaired) electrons. The highest BCUT2D eigenvalue weighted by atomic mass is 16.6. The quantitative estimate of drug-likeness (QED) is 0.253. The van der Waals surface area contributed by atoms with E-state index >= 15 is 0 Å². The van der Waals surface area contributed by atoms with Crippen LogP contribution in [0.2, 0.25) is 0 Å². The van der Waals surface area contributed by atoms with Gasteiger partial charge < -0.3 is 4.74 Å². The summed E-state index contributed by atoms with van der Waals surface area (Å²) in [5, 5.41) is 11.5. The number of hydrogen-bond acceptors (Lipinski definition) is 5. The number of hydrogen-bond donors (Lipinski definition) is 0. The van der Waals surface area contributed by atoms with Crippen molar-refractivity contribution in [1.82, 2.24) is 4.98 Å². The molecule has 1 heterocycles. The molecule has 3 aromatic carbocycles. The van der Waals surface area contributed by atoms with Gasteiger partial charge in [-0.3, -0.25) is 10.1 Å². The Hall–Kier alpha value is -4.06. The zero-order chi connectivity index (χ0) is 21.1. The number of pyridine rings is 1. The molecule has 4 aromatic rings. The van der Waals surface area contributed by atoms with Gasteiger partial charge in [0.1, 0.15) is 6.61 Å². The Labute approximate surface area is 172 Å². The Bertz CT molecular complexity index is 1240. The summed E-state index contributed by atoms with van der Waals surface area (Å²) >= 11 is 0. The van der Waals surface area contributed by atoms with E-state index < -0.39 is 10.9 Å². The minimum absolute atomic E-state index is 0.00597. The molecule has 0 amide bonds. The van der Waals surface area contributed by atoms with E-state index in [1.807, 2.05) is 61.5 Å². The number of fused-ring (bicyclic) bond motifs is 1. The molecule has 0 fully saturated rings. The third-order valence-corrected chi connectivity index (χ3v) is 4.90. The number of esters is 1. The maximum absolute atomic E-state index is 13.1. The van der Waals surface area contributed by atoms with Gasteiger partial charge in [-0.2, -0.15) is 0 Å². The molecular weight excluding hydrogens is 380 g/mol. The monoisotopic (exact) mass is 398 g/mol. The molecule has 148 valence electrons. The van der Waals surface area contributed by atoms with Crippen LogP contribution in [0.3, 0.4) is 0 Å². The Kier molecular flexibility index (Phi) is 5.22. The van der Waals surface area contributed by atoms with Gasteiger partial charge in [0.2, 0.25) is 0 Å². The minimum Gasteiger partial charge on any atom is -0.457 e. The highest BCUT2D eigenvalue weighted by Gasteiger charge is 2.20. The molecule has 6 heteroatoms. The average molecular weight is 398 g/mol. The molecule has 4 rings (SSSR count). The maximum Gasteiger partial charge on any atom is 0.339 e. The van der Waals surface area contributed by atoms with Crippen molar-refractivity contribution in [3.05, 3.63) is 106 Å². The number of para-hydroxylation sites is 1. The second-order valence-electron chi connectivity index (χ2n) is 6.84. The minimum atomic E-state index is -0.465. The summed E-state index contributed by atoms with van der Waals surface area (Å²) in [5.41, 5.74) is 4.25. The Balaban J connectivity index is 1.69. The number of nitro groups is 1. The molecule has 0 N–H and O–H groups in total. The lowest BCUT2D eigenvalue weighted by atomic mass is 9.98. The number of benzene rings is 3. The van der Waals surface area contributed by atoms with Gasteiger partial charge in [0.25, 0.3) is 5.69 Å². The number of non-ortho nitro benzene ring substituents is 1. The Morgan fingerprint density at radius 3 is 2.33 bits per heavy atom. The molecule has 0 bridgehead atoms. The molecular formula is C24H18N2O4. The topological polar surface area (TPSA) is 82.3 Å². The molecule has 0 unspecified atom stereocenters. The number of ether oxygens (including phenoxy) is 1. The summed E-state index contributed by atoms with van der Waals surface area (Å²) in [5.74, 6) is -0.457. The molecule has 0 aliphatic heterocycles. The molecule has 0 aliphatic rings. The van der Waals surface area contributed by atoms with E-state index in [0.29, 0.717) is 16.6 Å². The Morgan fingerprint density at radius 1 is 0.967 bits per heavy atom. The van der Waals surface area contributed by atoms with Crippen LogP contribution < -0.4 is 0 Å². The Morgan fingerprint density at radius 2 is 1.63 bits per heavy atom. The summed E-state index contributed by atoms with van der Waals surface area (Å²) in [4.78, 5) is 28.1. The van der Waals surface area contributed by atoms with Crippen molar-refractivity contribution in [2.24, 2.45) is 0 Å². The molecule has 30 heavy (non-hydrogen) atoms. The first kappa shape index (κ1) is 19.3. The highest BCUT2D eigenvalue weighted by molar-refractivity contribution is 6.06. The van der Waals surface area contributed by atoms with Gasteiger partial charge in [0.15, 0.2) is 0 Å². The van der Waals surface area contributed by atoms with Crippen molar-refractivity contribution < 1.29 is 14.5 Å². The van der Waals surface area contributed by atoms with E-state index in [1.165, 1.54) is 12.1 Å². The lowest BCUT2D eigenvalue weighted by Crippen LogP contribution is -2.10. The van der Waals surface area contributed by atoms with Crippen LogP contribution in [0.15, 0.2) is 78.9 Å². The predicted octanol–water partition coefficient (Wildman–Crippen LogP) is 5.48. The first-order valence-electron chi connectivity index (χ1n) is 9.40. The average Bonchev–Trinajstić information content (AvgIpc) is 2.78. The van der Waals surface area contributed by atoms with Crippen LogP contribution in [0, 0.1) is 17.0 Å². The van der Waals surface area contributed by atoms with Crippen molar-refractivity contribution >= 4 is 22.6 Å². The van der Waals surface area contributed by atoms with E-state index in [0.717, 1.165) is 22.2 Å². The largest absolute Gasteiger partial charge is 0.457 e. The summed E-state index contributed by atoms with van der Waals surface area (Å²) < 4.78 is 5.56. The molecule has 1 aromatic heterocycles. The van der Waals surface area contributed by atoms with Crippen molar-refractivity contribution in [2.45, 2.75) is 13.5 Å². The maximum atomic E-state index is 13.1. The zero-order valence-electron chi connectivity index (χ0n) is 16.2. The standard InChI is InChI=1S/C24H18N2O4/c1-16-22(24(27)30-15-17-11-13-19(14-12-17)26(28)29)20-9-5-6-10-21(20)25-23(16)18-7-3-2-4-8-18/h2-14H,15H2,1H3. The summed E-state index contributed by atoms with van der Waals surface area (Å²) in [6, 6.07) is 23.1. The lowest BCUT2D eigenvalue weighted by molar-refractivity contribution is -0.384.